The largest absolute Gasteiger partial charge is 0.348 e. The molecular formula is C13H18N2O2S. The molecule has 0 aromatic heterocycles. The molecule has 2 N–H and O–H groups in total. The minimum absolute atomic E-state index is 0.535. The molecule has 4 nitrogen and oxygen atoms in total. The Balaban J connectivity index is 2.50. The number of unbranched alkanes of at least 4 members (excludes halogenated alkanes) is 1. The highest BCUT2D eigenvalue weighted by Crippen LogP contribution is 2.18. The Hall–Kier alpha value is -1.49. The van der Waals surface area contributed by atoms with Crippen molar-refractivity contribution in [2.75, 3.05) is 18.1 Å². The van der Waals surface area contributed by atoms with E-state index < -0.39 is 11.8 Å². The molecule has 0 heterocycles. The Labute approximate surface area is 112 Å². The molecule has 0 saturated heterocycles. The van der Waals surface area contributed by atoms with Crippen LogP contribution in [0.15, 0.2) is 29.2 Å². The first-order chi connectivity index (χ1) is 8.67. The first-order valence-corrected chi connectivity index (χ1v) is 7.13. The van der Waals surface area contributed by atoms with Crippen molar-refractivity contribution < 1.29 is 9.59 Å². The van der Waals surface area contributed by atoms with Crippen LogP contribution < -0.4 is 10.6 Å². The molecule has 5 heteroatoms. The summed E-state index contributed by atoms with van der Waals surface area (Å²) < 4.78 is 0. The van der Waals surface area contributed by atoms with E-state index in [4.69, 9.17) is 0 Å². The quantitative estimate of drug-likeness (QED) is 0.488. The number of nitrogens with one attached hydrogen (secondary N) is 2. The Kier molecular flexibility index (Phi) is 6.28. The van der Waals surface area contributed by atoms with Crippen LogP contribution in [0, 0.1) is 0 Å². The summed E-state index contributed by atoms with van der Waals surface area (Å²) in [6.07, 6.45) is 3.82. The number of benzene rings is 1. The van der Waals surface area contributed by atoms with Gasteiger partial charge in [-0.05, 0) is 30.9 Å². The highest BCUT2D eigenvalue weighted by molar-refractivity contribution is 7.98. The van der Waals surface area contributed by atoms with Crippen LogP contribution in [0.2, 0.25) is 0 Å². The number of thioether (sulfide) groups is 1. The summed E-state index contributed by atoms with van der Waals surface area (Å²) in [5.74, 6) is -1.21. The molecule has 0 saturated carbocycles. The van der Waals surface area contributed by atoms with Crippen LogP contribution in [-0.2, 0) is 9.59 Å². The van der Waals surface area contributed by atoms with Crippen molar-refractivity contribution in [2.24, 2.45) is 0 Å². The molecule has 18 heavy (non-hydrogen) atoms. The van der Waals surface area contributed by atoms with Crippen molar-refractivity contribution in [2.45, 2.75) is 24.7 Å². The van der Waals surface area contributed by atoms with Gasteiger partial charge >= 0.3 is 11.8 Å². The summed E-state index contributed by atoms with van der Waals surface area (Å²) in [6.45, 7) is 2.56. The Morgan fingerprint density at radius 2 is 2.06 bits per heavy atom. The van der Waals surface area contributed by atoms with E-state index in [1.807, 2.05) is 31.4 Å². The Morgan fingerprint density at radius 1 is 1.28 bits per heavy atom. The van der Waals surface area contributed by atoms with Crippen LogP contribution in [0.25, 0.3) is 0 Å². The standard InChI is InChI=1S/C13H18N2O2S/c1-3-4-8-14-12(16)13(17)15-10-6-5-7-11(9-10)18-2/h5-7,9H,3-4,8H2,1-2H3,(H,14,16)(H,15,17). The molecule has 0 aliphatic rings. The van der Waals surface area contributed by atoms with Crippen LogP contribution in [0.3, 0.4) is 0 Å². The van der Waals surface area contributed by atoms with Gasteiger partial charge < -0.3 is 10.6 Å². The summed E-state index contributed by atoms with van der Waals surface area (Å²) in [7, 11) is 0. The third kappa shape index (κ3) is 4.79. The summed E-state index contributed by atoms with van der Waals surface area (Å²) in [5, 5.41) is 5.16. The molecule has 1 aromatic rings. The zero-order valence-electron chi connectivity index (χ0n) is 10.7. The number of anilines is 1. The van der Waals surface area contributed by atoms with Crippen LogP contribution in [0.5, 0.6) is 0 Å². The molecule has 1 rings (SSSR count). The first kappa shape index (κ1) is 14.6. The number of carbonyl (C=O) groups is 2. The summed E-state index contributed by atoms with van der Waals surface area (Å²) >= 11 is 1.58. The van der Waals surface area contributed by atoms with Crippen molar-refractivity contribution in [3.63, 3.8) is 0 Å². The fraction of sp³-hybridized carbons (Fsp3) is 0.385. The Bertz CT molecular complexity index is 421. The van der Waals surface area contributed by atoms with Gasteiger partial charge in [0.15, 0.2) is 0 Å². The van der Waals surface area contributed by atoms with Crippen molar-refractivity contribution >= 4 is 29.3 Å². The number of amides is 2. The Morgan fingerprint density at radius 3 is 2.72 bits per heavy atom. The predicted molar refractivity (Wildman–Crippen MR) is 74.8 cm³/mol. The molecule has 0 spiro atoms. The van der Waals surface area contributed by atoms with Crippen molar-refractivity contribution in [1.29, 1.82) is 0 Å². The van der Waals surface area contributed by atoms with Gasteiger partial charge in [0.1, 0.15) is 0 Å². The second-order valence-corrected chi connectivity index (χ2v) is 4.68. The molecular weight excluding hydrogens is 248 g/mol. The highest BCUT2D eigenvalue weighted by Gasteiger charge is 2.12. The predicted octanol–water partition coefficient (Wildman–Crippen LogP) is 2.26. The first-order valence-electron chi connectivity index (χ1n) is 5.90. The number of rotatable bonds is 5. The maximum Gasteiger partial charge on any atom is 0.313 e. The molecule has 0 aliphatic carbocycles. The lowest BCUT2D eigenvalue weighted by molar-refractivity contribution is -0.136. The second kappa shape index (κ2) is 7.76. The van der Waals surface area contributed by atoms with Gasteiger partial charge in [-0.25, -0.2) is 0 Å². The molecule has 2 amide bonds. The van der Waals surface area contributed by atoms with Crippen LogP contribution in [0.4, 0.5) is 5.69 Å². The van der Waals surface area contributed by atoms with E-state index in [9.17, 15) is 9.59 Å². The zero-order valence-corrected chi connectivity index (χ0v) is 11.5. The monoisotopic (exact) mass is 266 g/mol. The maximum absolute atomic E-state index is 11.6. The normalized spacial score (nSPS) is 9.89. The maximum atomic E-state index is 11.6. The molecule has 0 radical (unpaired) electrons. The van der Waals surface area contributed by atoms with E-state index in [0.717, 1.165) is 17.7 Å². The van der Waals surface area contributed by atoms with E-state index in [1.165, 1.54) is 0 Å². The summed E-state index contributed by atoms with van der Waals surface area (Å²) in [4.78, 5) is 24.1. The number of hydrogen-bond donors (Lipinski definition) is 2. The lowest BCUT2D eigenvalue weighted by Gasteiger charge is -2.06. The van der Waals surface area contributed by atoms with Gasteiger partial charge in [-0.2, -0.15) is 0 Å². The number of hydrogen-bond acceptors (Lipinski definition) is 3. The van der Waals surface area contributed by atoms with Gasteiger partial charge in [0.05, 0.1) is 0 Å². The lowest BCUT2D eigenvalue weighted by atomic mass is 10.3. The van der Waals surface area contributed by atoms with Crippen molar-refractivity contribution in [3.05, 3.63) is 24.3 Å². The number of carbonyl (C=O) groups excluding carboxylic acids is 2. The smallest absolute Gasteiger partial charge is 0.313 e. The van der Waals surface area contributed by atoms with Gasteiger partial charge in [-0.15, -0.1) is 11.8 Å². The average Bonchev–Trinajstić information content (AvgIpc) is 2.39. The molecule has 0 fully saturated rings. The molecule has 98 valence electrons. The fourth-order valence-corrected chi connectivity index (χ4v) is 1.81. The van der Waals surface area contributed by atoms with Crippen LogP contribution in [0.1, 0.15) is 19.8 Å². The molecule has 0 atom stereocenters. The van der Waals surface area contributed by atoms with E-state index in [0.29, 0.717) is 12.2 Å². The second-order valence-electron chi connectivity index (χ2n) is 3.80. The third-order valence-electron chi connectivity index (χ3n) is 2.35. The van der Waals surface area contributed by atoms with Crippen LogP contribution >= 0.6 is 11.8 Å². The van der Waals surface area contributed by atoms with Crippen molar-refractivity contribution in [3.8, 4) is 0 Å². The molecule has 0 unspecified atom stereocenters. The summed E-state index contributed by atoms with van der Waals surface area (Å²) in [6, 6.07) is 7.39. The van der Waals surface area contributed by atoms with Crippen molar-refractivity contribution in [1.82, 2.24) is 5.32 Å². The SMILES string of the molecule is CCCCNC(=O)C(=O)Nc1cccc(SC)c1. The molecule has 1 aromatic carbocycles. The zero-order chi connectivity index (χ0) is 13.4. The van der Waals surface area contributed by atoms with Gasteiger partial charge in [-0.1, -0.05) is 19.4 Å². The van der Waals surface area contributed by atoms with Gasteiger partial charge in [0.25, 0.3) is 0 Å². The van der Waals surface area contributed by atoms with Crippen LogP contribution in [-0.4, -0.2) is 24.6 Å². The highest BCUT2D eigenvalue weighted by atomic mass is 32.2. The van der Waals surface area contributed by atoms with E-state index in [1.54, 1.807) is 17.8 Å². The van der Waals surface area contributed by atoms with E-state index in [2.05, 4.69) is 10.6 Å². The van der Waals surface area contributed by atoms with E-state index in [-0.39, 0.29) is 0 Å². The van der Waals surface area contributed by atoms with E-state index >= 15 is 0 Å². The lowest BCUT2D eigenvalue weighted by Crippen LogP contribution is -2.35. The third-order valence-corrected chi connectivity index (χ3v) is 3.08. The molecule has 0 bridgehead atoms. The minimum atomic E-state index is -0.621. The fourth-order valence-electron chi connectivity index (χ4n) is 1.35. The van der Waals surface area contributed by atoms with Gasteiger partial charge in [-0.3, -0.25) is 9.59 Å². The minimum Gasteiger partial charge on any atom is -0.348 e. The average molecular weight is 266 g/mol. The topological polar surface area (TPSA) is 58.2 Å². The molecule has 0 aliphatic heterocycles. The van der Waals surface area contributed by atoms with Gasteiger partial charge in [0.2, 0.25) is 0 Å². The van der Waals surface area contributed by atoms with Gasteiger partial charge in [0, 0.05) is 17.1 Å². The summed E-state index contributed by atoms with van der Waals surface area (Å²) in [5.41, 5.74) is 0.637.